The van der Waals surface area contributed by atoms with Crippen molar-refractivity contribution in [2.75, 3.05) is 18.3 Å². The number of benzene rings is 2. The number of unbranched alkanes of at least 4 members (excludes halogenated alkanes) is 1. The van der Waals surface area contributed by atoms with Crippen LogP contribution in [0.1, 0.15) is 38.3 Å². The fourth-order valence-corrected chi connectivity index (χ4v) is 4.19. The molecule has 9 heteroatoms. The first-order valence-corrected chi connectivity index (χ1v) is 11.1. The maximum Gasteiger partial charge on any atom is 0.328 e. The molecular weight excluding hydrogens is 426 g/mol. The summed E-state index contributed by atoms with van der Waals surface area (Å²) in [7, 11) is 0. The Morgan fingerprint density at radius 2 is 1.79 bits per heavy atom. The van der Waals surface area contributed by atoms with Crippen molar-refractivity contribution < 1.29 is 28.7 Å². The summed E-state index contributed by atoms with van der Waals surface area (Å²) < 4.78 is 11.7. The van der Waals surface area contributed by atoms with Crippen molar-refractivity contribution in [2.45, 2.75) is 38.8 Å². The third-order valence-corrected chi connectivity index (χ3v) is 5.71. The van der Waals surface area contributed by atoms with Crippen molar-refractivity contribution in [2.24, 2.45) is 11.7 Å². The molecule has 4 rings (SSSR count). The second-order valence-electron chi connectivity index (χ2n) is 7.85. The molecule has 33 heavy (non-hydrogen) atoms. The zero-order valence-corrected chi connectivity index (χ0v) is 18.6. The van der Waals surface area contributed by atoms with Gasteiger partial charge in [0.05, 0.1) is 24.9 Å². The van der Waals surface area contributed by atoms with Crippen molar-refractivity contribution in [3.05, 3.63) is 54.1 Å². The third kappa shape index (κ3) is 4.11. The van der Waals surface area contributed by atoms with Gasteiger partial charge in [0.25, 0.3) is 5.91 Å². The van der Waals surface area contributed by atoms with Gasteiger partial charge in [0.15, 0.2) is 17.6 Å². The van der Waals surface area contributed by atoms with Crippen LogP contribution in [0, 0.1) is 5.92 Å². The number of nitrogens with two attached hydrogens (primary N) is 1. The summed E-state index contributed by atoms with van der Waals surface area (Å²) in [6.07, 6.45) is 0.768. The Balaban J connectivity index is 1.76. The van der Waals surface area contributed by atoms with E-state index in [1.54, 1.807) is 17.2 Å². The Morgan fingerprint density at radius 3 is 2.45 bits per heavy atom. The second-order valence-corrected chi connectivity index (χ2v) is 7.85. The van der Waals surface area contributed by atoms with Crippen LogP contribution in [0.2, 0.25) is 0 Å². The quantitative estimate of drug-likeness (QED) is 0.483. The first-order chi connectivity index (χ1) is 16.0. The van der Waals surface area contributed by atoms with Crippen molar-refractivity contribution in [3.8, 4) is 11.5 Å². The third-order valence-electron chi connectivity index (χ3n) is 5.71. The number of primary amides is 1. The number of ether oxygens (including phenoxy) is 2. The van der Waals surface area contributed by atoms with E-state index in [-0.39, 0.29) is 0 Å². The second kappa shape index (κ2) is 9.50. The molecule has 2 fully saturated rings. The van der Waals surface area contributed by atoms with Gasteiger partial charge in [-0.1, -0.05) is 37.6 Å². The van der Waals surface area contributed by atoms with E-state index in [4.69, 9.17) is 20.0 Å². The lowest BCUT2D eigenvalue weighted by atomic mass is 9.90. The van der Waals surface area contributed by atoms with Crippen molar-refractivity contribution in [1.29, 1.82) is 0 Å². The molecule has 2 aromatic carbocycles. The highest BCUT2D eigenvalue weighted by molar-refractivity contribution is 6.18. The standard InChI is InChI=1S/C24H27N3O6/c1-3-5-13-32-17-12-11-15(14-18(17)31-4-2)20-19-21(23(29)26(22(19)28)24(25)30)33-27(20)16-9-7-6-8-10-16/h6-12,14,19-21H,3-5,13H2,1-2H3,(H2,25,30)/t19-,20+,21+/m0/s1. The Hall–Kier alpha value is -3.59. The number of carbonyl (C=O) groups is 3. The van der Waals surface area contributed by atoms with Gasteiger partial charge in [-0.2, -0.15) is 4.90 Å². The number of hydroxylamine groups is 1. The maximum absolute atomic E-state index is 13.1. The molecule has 0 aliphatic carbocycles. The van der Waals surface area contributed by atoms with Crippen LogP contribution in [0.15, 0.2) is 48.5 Å². The Morgan fingerprint density at radius 1 is 1.03 bits per heavy atom. The summed E-state index contributed by atoms with van der Waals surface area (Å²) in [5, 5.41) is 1.55. The molecule has 174 valence electrons. The summed E-state index contributed by atoms with van der Waals surface area (Å²) in [4.78, 5) is 44.0. The number of hydrogen-bond donors (Lipinski definition) is 1. The predicted molar refractivity (Wildman–Crippen MR) is 119 cm³/mol. The molecule has 0 unspecified atom stereocenters. The van der Waals surface area contributed by atoms with Gasteiger partial charge in [-0.15, -0.1) is 0 Å². The number of nitrogens with zero attached hydrogens (tertiary/aromatic N) is 2. The number of hydrogen-bond acceptors (Lipinski definition) is 7. The van der Waals surface area contributed by atoms with Gasteiger partial charge >= 0.3 is 6.03 Å². The lowest BCUT2D eigenvalue weighted by Crippen LogP contribution is -2.44. The molecule has 0 radical (unpaired) electrons. The van der Waals surface area contributed by atoms with Crippen LogP contribution in [0.25, 0.3) is 0 Å². The molecule has 0 aromatic heterocycles. The number of anilines is 1. The fraction of sp³-hybridized carbons (Fsp3) is 0.375. The van der Waals surface area contributed by atoms with E-state index in [1.165, 1.54) is 0 Å². The zero-order valence-electron chi connectivity index (χ0n) is 18.6. The molecule has 0 bridgehead atoms. The van der Waals surface area contributed by atoms with E-state index in [2.05, 4.69) is 6.92 Å². The number of fused-ring (bicyclic) bond motifs is 1. The van der Waals surface area contributed by atoms with Crippen LogP contribution in [0.5, 0.6) is 11.5 Å². The highest BCUT2D eigenvalue weighted by atomic mass is 16.7. The van der Waals surface area contributed by atoms with Gasteiger partial charge in [0.1, 0.15) is 5.92 Å². The lowest BCUT2D eigenvalue weighted by molar-refractivity contribution is -0.139. The Kier molecular flexibility index (Phi) is 6.50. The molecule has 2 saturated heterocycles. The number of carbonyl (C=O) groups excluding carboxylic acids is 3. The van der Waals surface area contributed by atoms with Crippen molar-refractivity contribution >= 4 is 23.5 Å². The molecule has 0 saturated carbocycles. The minimum atomic E-state index is -1.15. The summed E-state index contributed by atoms with van der Waals surface area (Å²) in [5.74, 6) is -1.24. The Labute approximate surface area is 191 Å². The van der Waals surface area contributed by atoms with E-state index in [1.807, 2.05) is 43.3 Å². The molecule has 4 amide bonds. The summed E-state index contributed by atoms with van der Waals surface area (Å²) in [6, 6.07) is 12.8. The van der Waals surface area contributed by atoms with Gasteiger partial charge in [-0.05, 0) is 43.2 Å². The predicted octanol–water partition coefficient (Wildman–Crippen LogP) is 3.19. The first kappa shape index (κ1) is 22.6. The van der Waals surface area contributed by atoms with E-state index in [0.717, 1.165) is 12.8 Å². The lowest BCUT2D eigenvalue weighted by Gasteiger charge is -2.28. The van der Waals surface area contributed by atoms with E-state index in [0.29, 0.717) is 40.9 Å². The number of rotatable bonds is 8. The van der Waals surface area contributed by atoms with Gasteiger partial charge < -0.3 is 15.2 Å². The summed E-state index contributed by atoms with van der Waals surface area (Å²) in [6.45, 7) is 4.94. The molecule has 2 aromatic rings. The number of imide groups is 3. The van der Waals surface area contributed by atoms with E-state index in [9.17, 15) is 14.4 Å². The van der Waals surface area contributed by atoms with Crippen LogP contribution < -0.4 is 20.3 Å². The number of para-hydroxylation sites is 1. The molecule has 2 heterocycles. The zero-order chi connectivity index (χ0) is 23.5. The Bertz CT molecular complexity index is 1040. The minimum absolute atomic E-state index is 0.427. The van der Waals surface area contributed by atoms with Crippen LogP contribution in [0.3, 0.4) is 0 Å². The molecule has 0 spiro atoms. The van der Waals surface area contributed by atoms with Crippen LogP contribution in [-0.2, 0) is 14.4 Å². The number of likely N-dealkylation sites (tertiary alicyclic amines) is 1. The van der Waals surface area contributed by atoms with Crippen LogP contribution >= 0.6 is 0 Å². The van der Waals surface area contributed by atoms with Gasteiger partial charge in [-0.3, -0.25) is 14.4 Å². The largest absolute Gasteiger partial charge is 0.490 e. The average molecular weight is 453 g/mol. The fourth-order valence-electron chi connectivity index (χ4n) is 4.19. The first-order valence-electron chi connectivity index (χ1n) is 11.1. The molecule has 2 N–H and O–H groups in total. The number of urea groups is 1. The van der Waals surface area contributed by atoms with Crippen molar-refractivity contribution in [3.63, 3.8) is 0 Å². The normalized spacial score (nSPS) is 21.9. The SMILES string of the molecule is CCCCOc1ccc([C@@H]2[C@@H]3C(=O)N(C(N)=O)C(=O)[C@@H]3ON2c2ccccc2)cc1OCC. The van der Waals surface area contributed by atoms with Crippen LogP contribution in [0.4, 0.5) is 10.5 Å². The van der Waals surface area contributed by atoms with Crippen LogP contribution in [-0.4, -0.2) is 42.1 Å². The highest BCUT2D eigenvalue weighted by Gasteiger charge is 2.61. The molecule has 3 atom stereocenters. The van der Waals surface area contributed by atoms with E-state index >= 15 is 0 Å². The van der Waals surface area contributed by atoms with Gasteiger partial charge in [-0.25, -0.2) is 9.86 Å². The minimum Gasteiger partial charge on any atom is -0.490 e. The smallest absolute Gasteiger partial charge is 0.328 e. The van der Waals surface area contributed by atoms with E-state index < -0.39 is 35.9 Å². The van der Waals surface area contributed by atoms with Crippen molar-refractivity contribution in [1.82, 2.24) is 4.90 Å². The van der Waals surface area contributed by atoms with Gasteiger partial charge in [0.2, 0.25) is 5.91 Å². The molecule has 2 aliphatic rings. The average Bonchev–Trinajstić information content (AvgIpc) is 3.31. The molecule has 9 nitrogen and oxygen atoms in total. The number of amides is 4. The molecular formula is C24H27N3O6. The molecule has 2 aliphatic heterocycles. The van der Waals surface area contributed by atoms with Gasteiger partial charge in [0, 0.05) is 0 Å². The summed E-state index contributed by atoms with van der Waals surface area (Å²) >= 11 is 0. The summed E-state index contributed by atoms with van der Waals surface area (Å²) in [5.41, 5.74) is 6.65. The topological polar surface area (TPSA) is 111 Å². The maximum atomic E-state index is 13.1. The highest BCUT2D eigenvalue weighted by Crippen LogP contribution is 2.47. The monoisotopic (exact) mass is 453 g/mol.